The van der Waals surface area contributed by atoms with Crippen LogP contribution in [0.2, 0.25) is 0 Å². The Morgan fingerprint density at radius 1 is 1.10 bits per heavy atom. The van der Waals surface area contributed by atoms with Gasteiger partial charge in [0.15, 0.2) is 0 Å². The van der Waals surface area contributed by atoms with Crippen LogP contribution in [0, 0.1) is 23.2 Å². The smallest absolute Gasteiger partial charge is 0.0636 e. The third-order valence-corrected chi connectivity index (χ3v) is 6.34. The van der Waals surface area contributed by atoms with Crippen molar-refractivity contribution in [3.8, 4) is 0 Å². The molecule has 0 aromatic carbocycles. The molecule has 0 aromatic heterocycles. The number of aliphatic hydroxyl groups excluding tert-OH is 1. The molecule has 0 radical (unpaired) electrons. The minimum Gasteiger partial charge on any atom is -0.392 e. The van der Waals surface area contributed by atoms with Gasteiger partial charge in [0, 0.05) is 12.0 Å². The average Bonchev–Trinajstić information content (AvgIpc) is 2.49. The fraction of sp³-hybridized carbons (Fsp3) is 1.00. The highest BCUT2D eigenvalue weighted by molar-refractivity contribution is 4.95. The lowest BCUT2D eigenvalue weighted by atomic mass is 9.62. The largest absolute Gasteiger partial charge is 0.392 e. The van der Waals surface area contributed by atoms with Gasteiger partial charge in [-0.25, -0.2) is 0 Å². The minimum absolute atomic E-state index is 0.0372. The zero-order valence-electron chi connectivity index (χ0n) is 13.6. The number of aliphatic hydroxyl groups is 1. The Bertz CT molecular complexity index is 275. The Morgan fingerprint density at radius 3 is 2.20 bits per heavy atom. The Hall–Kier alpha value is -0.0800. The summed E-state index contributed by atoms with van der Waals surface area (Å²) >= 11 is 0. The molecule has 0 bridgehead atoms. The fourth-order valence-corrected chi connectivity index (χ4v) is 4.67. The Kier molecular flexibility index (Phi) is 5.92. The summed E-state index contributed by atoms with van der Waals surface area (Å²) in [6.07, 6.45) is 12.4. The normalized spacial score (nSPS) is 40.5. The summed E-state index contributed by atoms with van der Waals surface area (Å²) < 4.78 is 0. The molecule has 2 rings (SSSR count). The van der Waals surface area contributed by atoms with Gasteiger partial charge in [0.1, 0.15) is 0 Å². The second kappa shape index (κ2) is 7.26. The molecule has 0 amide bonds. The van der Waals surface area contributed by atoms with Crippen LogP contribution in [0.15, 0.2) is 0 Å². The van der Waals surface area contributed by atoms with E-state index in [9.17, 15) is 5.11 Å². The van der Waals surface area contributed by atoms with Gasteiger partial charge in [0.05, 0.1) is 6.10 Å². The molecule has 2 fully saturated rings. The quantitative estimate of drug-likeness (QED) is 0.796. The lowest BCUT2D eigenvalue weighted by Crippen LogP contribution is -2.48. The molecule has 20 heavy (non-hydrogen) atoms. The Morgan fingerprint density at radius 2 is 1.70 bits per heavy atom. The molecule has 118 valence electrons. The van der Waals surface area contributed by atoms with Gasteiger partial charge in [0.2, 0.25) is 0 Å². The van der Waals surface area contributed by atoms with Gasteiger partial charge < -0.3 is 10.8 Å². The first-order valence-corrected chi connectivity index (χ1v) is 8.99. The summed E-state index contributed by atoms with van der Waals surface area (Å²) in [5.41, 5.74) is 6.17. The number of nitrogens with two attached hydrogens (primary N) is 1. The van der Waals surface area contributed by atoms with Gasteiger partial charge in [-0.05, 0) is 56.3 Å². The van der Waals surface area contributed by atoms with E-state index in [0.29, 0.717) is 12.5 Å². The van der Waals surface area contributed by atoms with E-state index in [1.54, 1.807) is 0 Å². The van der Waals surface area contributed by atoms with Crippen molar-refractivity contribution in [1.29, 1.82) is 0 Å². The molecule has 2 heteroatoms. The molecular weight excluding hydrogens is 246 g/mol. The zero-order chi connectivity index (χ0) is 14.6. The summed E-state index contributed by atoms with van der Waals surface area (Å²) in [6, 6.07) is 0. The number of hydrogen-bond acceptors (Lipinski definition) is 2. The van der Waals surface area contributed by atoms with Crippen molar-refractivity contribution in [2.75, 3.05) is 6.54 Å². The molecule has 0 aliphatic heterocycles. The average molecular weight is 281 g/mol. The summed E-state index contributed by atoms with van der Waals surface area (Å²) in [5.74, 6) is 2.25. The van der Waals surface area contributed by atoms with Crippen molar-refractivity contribution in [2.45, 2.75) is 84.2 Å². The van der Waals surface area contributed by atoms with Crippen molar-refractivity contribution in [3.63, 3.8) is 0 Å². The van der Waals surface area contributed by atoms with Crippen LogP contribution in [0.25, 0.3) is 0 Å². The SMILES string of the molecule is CCCC1CCC(CN)(C(O)C2CCC(C)CC2)CC1. The second-order valence-corrected chi connectivity index (χ2v) is 7.76. The maximum absolute atomic E-state index is 11.0. The van der Waals surface area contributed by atoms with Crippen molar-refractivity contribution in [1.82, 2.24) is 0 Å². The molecule has 2 nitrogen and oxygen atoms in total. The molecule has 1 atom stereocenters. The Balaban J connectivity index is 1.93. The van der Waals surface area contributed by atoms with Gasteiger partial charge in [0.25, 0.3) is 0 Å². The van der Waals surface area contributed by atoms with Crippen LogP contribution >= 0.6 is 0 Å². The van der Waals surface area contributed by atoms with Crippen LogP contribution in [0.1, 0.15) is 78.1 Å². The van der Waals surface area contributed by atoms with Crippen molar-refractivity contribution >= 4 is 0 Å². The third kappa shape index (κ3) is 3.57. The fourth-order valence-electron chi connectivity index (χ4n) is 4.67. The van der Waals surface area contributed by atoms with Gasteiger partial charge in [-0.3, -0.25) is 0 Å². The summed E-state index contributed by atoms with van der Waals surface area (Å²) in [7, 11) is 0. The predicted molar refractivity (Wildman–Crippen MR) is 85.5 cm³/mol. The minimum atomic E-state index is -0.150. The van der Waals surface area contributed by atoms with Crippen LogP contribution in [-0.4, -0.2) is 17.8 Å². The highest BCUT2D eigenvalue weighted by atomic mass is 16.3. The summed E-state index contributed by atoms with van der Waals surface area (Å²) in [4.78, 5) is 0. The highest BCUT2D eigenvalue weighted by Gasteiger charge is 2.43. The van der Waals surface area contributed by atoms with Crippen LogP contribution in [0.3, 0.4) is 0 Å². The molecule has 0 saturated heterocycles. The van der Waals surface area contributed by atoms with E-state index in [-0.39, 0.29) is 11.5 Å². The molecule has 2 saturated carbocycles. The van der Waals surface area contributed by atoms with E-state index in [1.807, 2.05) is 0 Å². The van der Waals surface area contributed by atoms with E-state index in [1.165, 1.54) is 51.4 Å². The first-order chi connectivity index (χ1) is 9.61. The molecule has 2 aliphatic rings. The number of rotatable bonds is 5. The summed E-state index contributed by atoms with van der Waals surface area (Å²) in [6.45, 7) is 5.30. The maximum Gasteiger partial charge on any atom is 0.0636 e. The maximum atomic E-state index is 11.0. The first kappa shape index (κ1) is 16.3. The Labute approximate surface area is 125 Å². The lowest BCUT2D eigenvalue weighted by molar-refractivity contribution is -0.0568. The standard InChI is InChI=1S/C18H35NO/c1-3-4-15-9-11-18(13-19,12-10-15)17(20)16-7-5-14(2)6-8-16/h14-17,20H,3-13,19H2,1-2H3. The second-order valence-electron chi connectivity index (χ2n) is 7.76. The molecule has 1 unspecified atom stereocenters. The van der Waals surface area contributed by atoms with Crippen molar-refractivity contribution < 1.29 is 5.11 Å². The van der Waals surface area contributed by atoms with E-state index in [4.69, 9.17) is 5.73 Å². The predicted octanol–water partition coefficient (Wildman–Crippen LogP) is 4.11. The van der Waals surface area contributed by atoms with Crippen molar-refractivity contribution in [3.05, 3.63) is 0 Å². The van der Waals surface area contributed by atoms with E-state index >= 15 is 0 Å². The highest BCUT2D eigenvalue weighted by Crippen LogP contribution is 2.46. The lowest BCUT2D eigenvalue weighted by Gasteiger charge is -2.46. The van der Waals surface area contributed by atoms with Crippen LogP contribution in [0.5, 0.6) is 0 Å². The van der Waals surface area contributed by atoms with E-state index in [0.717, 1.165) is 24.7 Å². The van der Waals surface area contributed by atoms with Crippen LogP contribution < -0.4 is 5.73 Å². The van der Waals surface area contributed by atoms with Crippen LogP contribution in [-0.2, 0) is 0 Å². The first-order valence-electron chi connectivity index (χ1n) is 8.99. The topological polar surface area (TPSA) is 46.2 Å². The third-order valence-electron chi connectivity index (χ3n) is 6.34. The van der Waals surface area contributed by atoms with Gasteiger partial charge in [-0.15, -0.1) is 0 Å². The molecule has 3 N–H and O–H groups in total. The van der Waals surface area contributed by atoms with Crippen LogP contribution in [0.4, 0.5) is 0 Å². The van der Waals surface area contributed by atoms with Crippen molar-refractivity contribution in [2.24, 2.45) is 28.9 Å². The van der Waals surface area contributed by atoms with E-state index < -0.39 is 0 Å². The molecule has 0 spiro atoms. The zero-order valence-corrected chi connectivity index (χ0v) is 13.6. The van der Waals surface area contributed by atoms with E-state index in [2.05, 4.69) is 13.8 Å². The van der Waals surface area contributed by atoms with Gasteiger partial charge >= 0.3 is 0 Å². The molecule has 0 heterocycles. The number of hydrogen-bond donors (Lipinski definition) is 2. The monoisotopic (exact) mass is 281 g/mol. The van der Waals surface area contributed by atoms with Gasteiger partial charge in [-0.2, -0.15) is 0 Å². The molecular formula is C18H35NO. The molecule has 0 aromatic rings. The molecule has 2 aliphatic carbocycles. The summed E-state index contributed by atoms with van der Waals surface area (Å²) in [5, 5.41) is 11.0. The van der Waals surface area contributed by atoms with Gasteiger partial charge in [-0.1, -0.05) is 39.5 Å².